The zero-order valence-corrected chi connectivity index (χ0v) is 34.3. The van der Waals surface area contributed by atoms with Crippen molar-refractivity contribution in [3.8, 4) is 68.2 Å². The van der Waals surface area contributed by atoms with Crippen molar-refractivity contribution in [3.63, 3.8) is 0 Å². The maximum absolute atomic E-state index is 7.16. The topological polar surface area (TPSA) is 36.9 Å². The Morgan fingerprint density at radius 1 is 0.250 bits per heavy atom. The van der Waals surface area contributed by atoms with Gasteiger partial charge in [0.15, 0.2) is 0 Å². The van der Waals surface area contributed by atoms with Gasteiger partial charge >= 0.3 is 0 Å². The first-order valence-corrected chi connectivity index (χ1v) is 21.9. The second-order valence-electron chi connectivity index (χ2n) is 17.4. The second kappa shape index (κ2) is 12.7. The molecule has 0 atom stereocenters. The van der Waals surface area contributed by atoms with Crippen molar-refractivity contribution in [1.82, 2.24) is 0 Å². The molecule has 15 rings (SSSR count). The Bertz CT molecular complexity index is 3540. The SMILES string of the molecule is c1ccc2c(c1)Oc1cc(-c3c4ccccc4cc4ccccc34)cc3c1B2c1cc2c(cc1O3)Oc1cc(-c3c4ccccc4cc4ccccc34)cc3c1B2c1ccccc1O3. The molecular weight excluding hydrogens is 782 g/mol. The molecule has 4 aliphatic rings. The minimum absolute atomic E-state index is 0.125. The van der Waals surface area contributed by atoms with E-state index in [-0.39, 0.29) is 13.4 Å². The predicted molar refractivity (Wildman–Crippen MR) is 263 cm³/mol. The standard InChI is InChI=1S/C58H32B2O4/c1-5-17-39-33(13-1)25-34-14-2-6-18-40(34)55(39)37-27-51-57-53(29-37)63-49-32-50-46(31-45(49)59(57)43-21-9-11-23-47(43)61-51)60-44-22-10-12-24-48(44)62-52-28-38(30-54(64-50)58(52)60)56-41-19-7-3-15-35(41)26-36-16-4-8-20-42(36)56/h1-32H. The Kier molecular flexibility index (Phi) is 6.82. The maximum atomic E-state index is 7.16. The number of para-hydroxylation sites is 2. The van der Waals surface area contributed by atoms with Crippen LogP contribution in [-0.4, -0.2) is 13.4 Å². The van der Waals surface area contributed by atoms with E-state index in [1.54, 1.807) is 0 Å². The molecule has 0 spiro atoms. The van der Waals surface area contributed by atoms with Crippen molar-refractivity contribution in [2.45, 2.75) is 0 Å². The summed E-state index contributed by atoms with van der Waals surface area (Å²) in [6.07, 6.45) is 0. The van der Waals surface area contributed by atoms with Gasteiger partial charge in [0.2, 0.25) is 0 Å². The molecule has 0 aromatic heterocycles. The molecule has 0 amide bonds. The van der Waals surface area contributed by atoms with Gasteiger partial charge in [-0.25, -0.2) is 0 Å². The fraction of sp³-hybridized carbons (Fsp3) is 0. The number of rotatable bonds is 2. The summed E-state index contributed by atoms with van der Waals surface area (Å²) >= 11 is 0. The molecule has 64 heavy (non-hydrogen) atoms. The van der Waals surface area contributed by atoms with E-state index in [0.29, 0.717) is 0 Å². The highest BCUT2D eigenvalue weighted by atomic mass is 16.5. The van der Waals surface area contributed by atoms with Crippen molar-refractivity contribution in [3.05, 3.63) is 194 Å². The number of hydrogen-bond acceptors (Lipinski definition) is 4. The molecule has 0 saturated heterocycles. The fourth-order valence-electron chi connectivity index (χ4n) is 11.3. The Labute approximate surface area is 369 Å². The Morgan fingerprint density at radius 3 is 0.969 bits per heavy atom. The van der Waals surface area contributed by atoms with E-state index in [0.717, 1.165) is 101 Å². The number of ether oxygens (including phenoxy) is 4. The third-order valence-electron chi connectivity index (χ3n) is 14.0. The van der Waals surface area contributed by atoms with Gasteiger partial charge in [-0.2, -0.15) is 0 Å². The molecule has 4 aliphatic heterocycles. The van der Waals surface area contributed by atoms with Crippen molar-refractivity contribution < 1.29 is 18.9 Å². The van der Waals surface area contributed by atoms with Crippen molar-refractivity contribution >= 4 is 89.3 Å². The highest BCUT2D eigenvalue weighted by Crippen LogP contribution is 2.46. The predicted octanol–water partition coefficient (Wildman–Crippen LogP) is 11.1. The fourth-order valence-corrected chi connectivity index (χ4v) is 11.3. The van der Waals surface area contributed by atoms with Crippen LogP contribution < -0.4 is 51.7 Å². The summed E-state index contributed by atoms with van der Waals surface area (Å²) in [5.41, 5.74) is 10.9. The molecule has 4 heterocycles. The average Bonchev–Trinajstić information content (AvgIpc) is 3.33. The first-order chi connectivity index (χ1) is 31.7. The van der Waals surface area contributed by atoms with Gasteiger partial charge in [0.05, 0.1) is 0 Å². The molecule has 0 aliphatic carbocycles. The monoisotopic (exact) mass is 814 g/mol. The molecular formula is C58H32B2O4. The molecule has 0 bridgehead atoms. The van der Waals surface area contributed by atoms with Crippen LogP contribution in [0.3, 0.4) is 0 Å². The van der Waals surface area contributed by atoms with Crippen molar-refractivity contribution in [2.24, 2.45) is 0 Å². The summed E-state index contributed by atoms with van der Waals surface area (Å²) in [4.78, 5) is 0. The van der Waals surface area contributed by atoms with E-state index in [4.69, 9.17) is 18.9 Å². The summed E-state index contributed by atoms with van der Waals surface area (Å²) in [5.74, 6) is 6.46. The minimum Gasteiger partial charge on any atom is -0.458 e. The summed E-state index contributed by atoms with van der Waals surface area (Å²) in [5, 5.41) is 9.51. The van der Waals surface area contributed by atoms with E-state index in [1.807, 2.05) is 0 Å². The summed E-state index contributed by atoms with van der Waals surface area (Å²) < 4.78 is 28.1. The van der Waals surface area contributed by atoms with Crippen molar-refractivity contribution in [2.75, 3.05) is 0 Å². The summed E-state index contributed by atoms with van der Waals surface area (Å²) in [6, 6.07) is 69.3. The quantitative estimate of drug-likeness (QED) is 0.129. The second-order valence-corrected chi connectivity index (χ2v) is 17.4. The van der Waals surface area contributed by atoms with Crippen LogP contribution in [0, 0.1) is 0 Å². The molecule has 0 saturated carbocycles. The smallest absolute Gasteiger partial charge is 0.260 e. The van der Waals surface area contributed by atoms with Crippen LogP contribution in [-0.2, 0) is 0 Å². The molecule has 0 unspecified atom stereocenters. The van der Waals surface area contributed by atoms with Gasteiger partial charge in [-0.1, -0.05) is 140 Å². The van der Waals surface area contributed by atoms with Crippen LogP contribution in [0.5, 0.6) is 46.0 Å². The lowest BCUT2D eigenvalue weighted by Crippen LogP contribution is -2.61. The van der Waals surface area contributed by atoms with Gasteiger partial charge in [-0.15, -0.1) is 0 Å². The zero-order chi connectivity index (χ0) is 41.6. The lowest BCUT2D eigenvalue weighted by atomic mass is 9.31. The first-order valence-electron chi connectivity index (χ1n) is 21.9. The van der Waals surface area contributed by atoms with Gasteiger partial charge in [0.25, 0.3) is 13.4 Å². The van der Waals surface area contributed by atoms with Crippen LogP contribution in [0.1, 0.15) is 0 Å². The van der Waals surface area contributed by atoms with Crippen LogP contribution in [0.25, 0.3) is 65.3 Å². The highest BCUT2D eigenvalue weighted by molar-refractivity contribution is 7.01. The Hall–Kier alpha value is -8.21. The molecule has 0 N–H and O–H groups in total. The molecule has 11 aromatic rings. The number of hydrogen-bond donors (Lipinski definition) is 0. The zero-order valence-electron chi connectivity index (χ0n) is 34.3. The first kappa shape index (κ1) is 34.4. The Morgan fingerprint density at radius 2 is 0.578 bits per heavy atom. The van der Waals surface area contributed by atoms with E-state index in [9.17, 15) is 0 Å². The van der Waals surface area contributed by atoms with Crippen LogP contribution in [0.15, 0.2) is 194 Å². The molecule has 4 nitrogen and oxygen atoms in total. The molecule has 6 heteroatoms. The van der Waals surface area contributed by atoms with E-state index in [2.05, 4.69) is 194 Å². The Balaban J connectivity index is 0.952. The molecule has 11 aromatic carbocycles. The molecule has 0 radical (unpaired) electrons. The van der Waals surface area contributed by atoms with E-state index >= 15 is 0 Å². The minimum atomic E-state index is -0.125. The number of benzene rings is 11. The van der Waals surface area contributed by atoms with Crippen molar-refractivity contribution in [1.29, 1.82) is 0 Å². The highest BCUT2D eigenvalue weighted by Gasteiger charge is 2.45. The lowest BCUT2D eigenvalue weighted by molar-refractivity contribution is 0.452. The average molecular weight is 815 g/mol. The molecule has 0 fully saturated rings. The summed E-state index contributed by atoms with van der Waals surface area (Å²) in [6.45, 7) is -0.249. The largest absolute Gasteiger partial charge is 0.458 e. The normalized spacial score (nSPS) is 13.4. The van der Waals surface area contributed by atoms with E-state index < -0.39 is 0 Å². The van der Waals surface area contributed by atoms with Crippen LogP contribution in [0.2, 0.25) is 0 Å². The van der Waals surface area contributed by atoms with Gasteiger partial charge in [0, 0.05) is 17.0 Å². The number of fused-ring (bicyclic) bond motifs is 12. The van der Waals surface area contributed by atoms with Crippen LogP contribution >= 0.6 is 0 Å². The van der Waals surface area contributed by atoms with Gasteiger partial charge in [0.1, 0.15) is 46.0 Å². The van der Waals surface area contributed by atoms with Gasteiger partial charge in [-0.3, -0.25) is 0 Å². The summed E-state index contributed by atoms with van der Waals surface area (Å²) in [7, 11) is 0. The van der Waals surface area contributed by atoms with Crippen LogP contribution in [0.4, 0.5) is 0 Å². The third-order valence-corrected chi connectivity index (χ3v) is 14.0. The maximum Gasteiger partial charge on any atom is 0.260 e. The van der Waals surface area contributed by atoms with Gasteiger partial charge < -0.3 is 18.9 Å². The molecule has 294 valence electrons. The van der Waals surface area contributed by atoms with Gasteiger partial charge in [-0.05, 0) is 136 Å². The van der Waals surface area contributed by atoms with E-state index in [1.165, 1.54) is 43.1 Å². The lowest BCUT2D eigenvalue weighted by Gasteiger charge is -2.37. The third kappa shape index (κ3) is 4.74.